The molecule has 0 saturated heterocycles. The largest absolute Gasteiger partial charge is 0.394 e. The fourth-order valence-corrected chi connectivity index (χ4v) is 2.70. The van der Waals surface area contributed by atoms with Crippen molar-refractivity contribution in [3.8, 4) is 0 Å². The lowest BCUT2D eigenvalue weighted by molar-refractivity contribution is 0.211. The third-order valence-electron chi connectivity index (χ3n) is 3.82. The van der Waals surface area contributed by atoms with Gasteiger partial charge in [-0.25, -0.2) is 14.5 Å². The van der Waals surface area contributed by atoms with E-state index in [0.29, 0.717) is 0 Å². The van der Waals surface area contributed by atoms with Crippen molar-refractivity contribution in [2.45, 2.75) is 31.5 Å². The van der Waals surface area contributed by atoms with Gasteiger partial charge >= 0.3 is 6.03 Å². The highest BCUT2D eigenvalue weighted by Crippen LogP contribution is 2.22. The summed E-state index contributed by atoms with van der Waals surface area (Å²) in [6.45, 7) is 0.677. The van der Waals surface area contributed by atoms with Crippen molar-refractivity contribution >= 4 is 6.03 Å². The average Bonchev–Trinajstić information content (AvgIpc) is 3.03. The van der Waals surface area contributed by atoms with Gasteiger partial charge in [-0.1, -0.05) is 30.3 Å². The standard InChI is InChI=1S/C15H19N5O2/c21-9-13(11-5-2-1-3-6-11)19-15(22)18-12-7-4-8-20-14(12)16-10-17-20/h1-3,5-6,10,12-13,21H,4,7-9H2,(H2,18,19,22). The monoisotopic (exact) mass is 301 g/mol. The maximum atomic E-state index is 12.2. The van der Waals surface area contributed by atoms with E-state index in [1.807, 2.05) is 35.0 Å². The number of hydrogen-bond acceptors (Lipinski definition) is 4. The van der Waals surface area contributed by atoms with Crippen molar-refractivity contribution in [3.63, 3.8) is 0 Å². The van der Waals surface area contributed by atoms with Crippen LogP contribution in [0.2, 0.25) is 0 Å². The summed E-state index contributed by atoms with van der Waals surface area (Å²) in [5.74, 6) is 0.779. The SMILES string of the molecule is O=C(NC(CO)c1ccccc1)NC1CCCn2ncnc21. The third kappa shape index (κ3) is 3.09. The molecule has 2 heterocycles. The number of benzene rings is 1. The first kappa shape index (κ1) is 14.5. The normalized spacial score (nSPS) is 18.3. The molecule has 0 spiro atoms. The Bertz CT molecular complexity index is 628. The fraction of sp³-hybridized carbons (Fsp3) is 0.400. The molecule has 1 aliphatic rings. The summed E-state index contributed by atoms with van der Waals surface area (Å²) >= 11 is 0. The van der Waals surface area contributed by atoms with Crippen molar-refractivity contribution in [1.82, 2.24) is 25.4 Å². The van der Waals surface area contributed by atoms with E-state index in [1.54, 1.807) is 0 Å². The van der Waals surface area contributed by atoms with Gasteiger partial charge in [-0.2, -0.15) is 5.10 Å². The first-order valence-electron chi connectivity index (χ1n) is 7.38. The van der Waals surface area contributed by atoms with Crippen LogP contribution < -0.4 is 10.6 Å². The molecule has 3 N–H and O–H groups in total. The van der Waals surface area contributed by atoms with E-state index in [-0.39, 0.29) is 18.7 Å². The minimum atomic E-state index is -0.428. The van der Waals surface area contributed by atoms with Crippen molar-refractivity contribution in [2.24, 2.45) is 0 Å². The van der Waals surface area contributed by atoms with Gasteiger partial charge in [-0.15, -0.1) is 0 Å². The Hall–Kier alpha value is -2.41. The molecule has 0 aliphatic carbocycles. The second-order valence-corrected chi connectivity index (χ2v) is 5.30. The molecule has 0 radical (unpaired) electrons. The van der Waals surface area contributed by atoms with Crippen molar-refractivity contribution in [1.29, 1.82) is 0 Å². The van der Waals surface area contributed by atoms with Gasteiger partial charge in [0.2, 0.25) is 0 Å². The predicted molar refractivity (Wildman–Crippen MR) is 79.9 cm³/mol. The number of amides is 2. The van der Waals surface area contributed by atoms with E-state index in [1.165, 1.54) is 6.33 Å². The Balaban J connectivity index is 1.63. The van der Waals surface area contributed by atoms with Gasteiger partial charge in [-0.3, -0.25) is 0 Å². The van der Waals surface area contributed by atoms with Gasteiger partial charge in [0.15, 0.2) is 0 Å². The van der Waals surface area contributed by atoms with Crippen LogP contribution in [0.3, 0.4) is 0 Å². The molecule has 22 heavy (non-hydrogen) atoms. The molecule has 116 valence electrons. The van der Waals surface area contributed by atoms with Crippen molar-refractivity contribution < 1.29 is 9.90 Å². The molecule has 1 aliphatic heterocycles. The van der Waals surface area contributed by atoms with Gasteiger partial charge in [0, 0.05) is 6.54 Å². The fourth-order valence-electron chi connectivity index (χ4n) is 2.70. The summed E-state index contributed by atoms with van der Waals surface area (Å²) in [5, 5.41) is 19.3. The van der Waals surface area contributed by atoms with Gasteiger partial charge in [0.25, 0.3) is 0 Å². The van der Waals surface area contributed by atoms with E-state index in [2.05, 4.69) is 20.7 Å². The summed E-state index contributed by atoms with van der Waals surface area (Å²) < 4.78 is 1.81. The maximum absolute atomic E-state index is 12.2. The lowest BCUT2D eigenvalue weighted by Crippen LogP contribution is -2.42. The molecule has 1 aromatic carbocycles. The number of rotatable bonds is 4. The number of nitrogens with one attached hydrogen (secondary N) is 2. The number of aliphatic hydroxyl groups is 1. The van der Waals surface area contributed by atoms with E-state index >= 15 is 0 Å². The van der Waals surface area contributed by atoms with Crippen LogP contribution >= 0.6 is 0 Å². The maximum Gasteiger partial charge on any atom is 0.315 e. The third-order valence-corrected chi connectivity index (χ3v) is 3.82. The molecule has 3 rings (SSSR count). The molecule has 0 bridgehead atoms. The number of carbonyl (C=O) groups excluding carboxylic acids is 1. The number of fused-ring (bicyclic) bond motifs is 1. The molecular weight excluding hydrogens is 282 g/mol. The lowest BCUT2D eigenvalue weighted by Gasteiger charge is -2.24. The van der Waals surface area contributed by atoms with E-state index in [9.17, 15) is 9.90 Å². The number of aliphatic hydroxyl groups excluding tert-OH is 1. The Morgan fingerprint density at radius 2 is 2.23 bits per heavy atom. The number of aromatic nitrogens is 3. The highest BCUT2D eigenvalue weighted by molar-refractivity contribution is 5.75. The molecular formula is C15H19N5O2. The predicted octanol–water partition coefficient (Wildman–Crippen LogP) is 1.15. The summed E-state index contributed by atoms with van der Waals surface area (Å²) in [7, 11) is 0. The molecule has 2 amide bonds. The Labute approximate surface area is 128 Å². The number of hydrogen-bond donors (Lipinski definition) is 3. The topological polar surface area (TPSA) is 92.1 Å². The number of carbonyl (C=O) groups is 1. The smallest absolute Gasteiger partial charge is 0.315 e. The molecule has 7 nitrogen and oxygen atoms in total. The molecule has 0 fully saturated rings. The molecule has 0 saturated carbocycles. The van der Waals surface area contributed by atoms with Crippen LogP contribution in [0, 0.1) is 0 Å². The second kappa shape index (κ2) is 6.57. The molecule has 2 aromatic rings. The Morgan fingerprint density at radius 3 is 3.00 bits per heavy atom. The summed E-state index contributed by atoms with van der Waals surface area (Å²) in [4.78, 5) is 16.4. The van der Waals surface area contributed by atoms with Gasteiger partial charge in [0.1, 0.15) is 12.2 Å². The molecule has 1 aromatic heterocycles. The van der Waals surface area contributed by atoms with Crippen LogP contribution in [-0.2, 0) is 6.54 Å². The van der Waals surface area contributed by atoms with Crippen LogP contribution in [0.4, 0.5) is 4.79 Å². The van der Waals surface area contributed by atoms with Crippen LogP contribution in [0.1, 0.15) is 36.3 Å². The zero-order valence-corrected chi connectivity index (χ0v) is 12.1. The minimum Gasteiger partial charge on any atom is -0.394 e. The van der Waals surface area contributed by atoms with Gasteiger partial charge in [0.05, 0.1) is 18.7 Å². The summed E-state index contributed by atoms with van der Waals surface area (Å²) in [6.07, 6.45) is 3.29. The molecule has 7 heteroatoms. The summed E-state index contributed by atoms with van der Waals surface area (Å²) in [5.41, 5.74) is 0.868. The van der Waals surface area contributed by atoms with E-state index in [0.717, 1.165) is 30.8 Å². The lowest BCUT2D eigenvalue weighted by atomic mass is 10.1. The zero-order chi connectivity index (χ0) is 15.4. The second-order valence-electron chi connectivity index (χ2n) is 5.30. The highest BCUT2D eigenvalue weighted by atomic mass is 16.3. The molecule has 2 unspecified atom stereocenters. The number of aryl methyl sites for hydroxylation is 1. The van der Waals surface area contributed by atoms with E-state index in [4.69, 9.17) is 0 Å². The highest BCUT2D eigenvalue weighted by Gasteiger charge is 2.24. The Kier molecular flexibility index (Phi) is 4.34. The zero-order valence-electron chi connectivity index (χ0n) is 12.1. The van der Waals surface area contributed by atoms with Crippen LogP contribution in [0.15, 0.2) is 36.7 Å². The van der Waals surface area contributed by atoms with Gasteiger partial charge in [-0.05, 0) is 18.4 Å². The summed E-state index contributed by atoms with van der Waals surface area (Å²) in [6, 6.07) is 8.50. The first-order chi connectivity index (χ1) is 10.8. The first-order valence-corrected chi connectivity index (χ1v) is 7.38. The average molecular weight is 301 g/mol. The minimum absolute atomic E-state index is 0.147. The molecule has 2 atom stereocenters. The van der Waals surface area contributed by atoms with Crippen molar-refractivity contribution in [2.75, 3.05) is 6.61 Å². The quantitative estimate of drug-likeness (QED) is 0.790. The Morgan fingerprint density at radius 1 is 1.41 bits per heavy atom. The van der Waals surface area contributed by atoms with Crippen molar-refractivity contribution in [3.05, 3.63) is 48.0 Å². The van der Waals surface area contributed by atoms with Gasteiger partial charge < -0.3 is 15.7 Å². The number of urea groups is 1. The number of nitrogens with zero attached hydrogens (tertiary/aromatic N) is 3. The van der Waals surface area contributed by atoms with Crippen LogP contribution in [0.5, 0.6) is 0 Å². The van der Waals surface area contributed by atoms with Crippen LogP contribution in [0.25, 0.3) is 0 Å². The van der Waals surface area contributed by atoms with Crippen LogP contribution in [-0.4, -0.2) is 32.5 Å². The van der Waals surface area contributed by atoms with E-state index < -0.39 is 6.04 Å².